The number of aromatic nitrogens is 1. The van der Waals surface area contributed by atoms with Gasteiger partial charge in [-0.05, 0) is 56.3 Å². The summed E-state index contributed by atoms with van der Waals surface area (Å²) in [7, 11) is 1.49. The average molecular weight is 546 g/mol. The molecule has 8 nitrogen and oxygen atoms in total. The molecule has 1 aliphatic rings. The summed E-state index contributed by atoms with van der Waals surface area (Å²) in [6.07, 6.45) is 0.871. The van der Waals surface area contributed by atoms with Gasteiger partial charge >= 0.3 is 0 Å². The fraction of sp³-hybridized carbons (Fsp3) is 0.231. The zero-order valence-corrected chi connectivity index (χ0v) is 21.3. The number of carbonyl (C=O) groups is 3. The van der Waals surface area contributed by atoms with Crippen LogP contribution in [0.1, 0.15) is 24.3 Å². The third kappa shape index (κ3) is 5.57. The third-order valence-electron chi connectivity index (χ3n) is 6.00. The zero-order chi connectivity index (χ0) is 27.8. The van der Waals surface area contributed by atoms with Crippen molar-refractivity contribution in [1.82, 2.24) is 15.6 Å². The molecular formula is C26H23ClF3N5O3. The summed E-state index contributed by atoms with van der Waals surface area (Å²) in [5.41, 5.74) is -0.724. The molecular weight excluding hydrogens is 523 g/mol. The summed E-state index contributed by atoms with van der Waals surface area (Å²) in [4.78, 5) is 45.8. The first kappa shape index (κ1) is 26.9. The number of hydrogen-bond donors (Lipinski definition) is 2. The fourth-order valence-electron chi connectivity index (χ4n) is 4.01. The van der Waals surface area contributed by atoms with Crippen molar-refractivity contribution in [3.63, 3.8) is 0 Å². The predicted octanol–water partition coefficient (Wildman–Crippen LogP) is 3.96. The summed E-state index contributed by atoms with van der Waals surface area (Å²) in [5, 5.41) is 5.48. The van der Waals surface area contributed by atoms with Gasteiger partial charge < -0.3 is 20.4 Å². The molecule has 2 aromatic carbocycles. The number of anilines is 3. The summed E-state index contributed by atoms with van der Waals surface area (Å²) >= 11 is 6.16. The minimum atomic E-state index is -1.52. The van der Waals surface area contributed by atoms with Gasteiger partial charge in [0.15, 0.2) is 0 Å². The maximum absolute atomic E-state index is 14.1. The van der Waals surface area contributed by atoms with Crippen LogP contribution < -0.4 is 20.4 Å². The van der Waals surface area contributed by atoms with Crippen LogP contribution in [0, 0.1) is 17.5 Å². The molecule has 4 rings (SSSR count). The van der Waals surface area contributed by atoms with Crippen molar-refractivity contribution < 1.29 is 27.6 Å². The van der Waals surface area contributed by atoms with Crippen LogP contribution in [0.3, 0.4) is 0 Å². The average Bonchev–Trinajstić information content (AvgIpc) is 2.94. The number of halogens is 4. The first-order valence-electron chi connectivity index (χ1n) is 11.4. The lowest BCUT2D eigenvalue weighted by Crippen LogP contribution is -2.60. The van der Waals surface area contributed by atoms with Gasteiger partial charge in [-0.25, -0.2) is 18.2 Å². The summed E-state index contributed by atoms with van der Waals surface area (Å²) < 4.78 is 41.4. The van der Waals surface area contributed by atoms with Gasteiger partial charge in [0.2, 0.25) is 5.91 Å². The Hall–Kier alpha value is -4.12. The van der Waals surface area contributed by atoms with Crippen LogP contribution in [-0.2, 0) is 9.59 Å². The number of fused-ring (bicyclic) bond motifs is 1. The van der Waals surface area contributed by atoms with Gasteiger partial charge in [-0.15, -0.1) is 0 Å². The molecule has 1 aromatic heterocycles. The largest absolute Gasteiger partial charge is 0.341 e. The molecule has 0 unspecified atom stereocenters. The second-order valence-corrected chi connectivity index (χ2v) is 9.67. The number of amides is 3. The molecule has 0 saturated carbocycles. The van der Waals surface area contributed by atoms with E-state index in [9.17, 15) is 27.6 Å². The molecule has 198 valence electrons. The molecule has 3 amide bonds. The van der Waals surface area contributed by atoms with Crippen LogP contribution >= 0.6 is 11.6 Å². The molecule has 1 atom stereocenters. The highest BCUT2D eigenvalue weighted by atomic mass is 35.5. The highest BCUT2D eigenvalue weighted by Crippen LogP contribution is 2.39. The van der Waals surface area contributed by atoms with E-state index < -0.39 is 46.8 Å². The highest BCUT2D eigenvalue weighted by molar-refractivity contribution is 6.31. The first-order valence-corrected chi connectivity index (χ1v) is 11.8. The Bertz CT molecular complexity index is 1400. The standard InChI is InChI=1S/C26H23ClF3N5O3/c1-26(2,33-23(36)19-6-5-15(28)12-31-19)25(38)32-20-13-35(18-10-16(29)9-17(30)11-18)21-7-4-14(27)8-22(21)34(3)24(20)37/h4-12,20H,13H2,1-3H3,(H,32,38)(H,33,36)/t20-/m1/s1. The van der Waals surface area contributed by atoms with Crippen molar-refractivity contribution in [2.45, 2.75) is 25.4 Å². The van der Waals surface area contributed by atoms with Gasteiger partial charge in [0.25, 0.3) is 11.8 Å². The second kappa shape index (κ2) is 10.3. The minimum Gasteiger partial charge on any atom is -0.341 e. The number of rotatable bonds is 5. The predicted molar refractivity (Wildman–Crippen MR) is 136 cm³/mol. The Morgan fingerprint density at radius 1 is 1.00 bits per heavy atom. The van der Waals surface area contributed by atoms with E-state index in [0.717, 1.165) is 30.5 Å². The zero-order valence-electron chi connectivity index (χ0n) is 20.6. The van der Waals surface area contributed by atoms with Crippen molar-refractivity contribution in [2.75, 3.05) is 23.4 Å². The van der Waals surface area contributed by atoms with Gasteiger partial charge in [-0.2, -0.15) is 0 Å². The van der Waals surface area contributed by atoms with Gasteiger partial charge in [0, 0.05) is 23.8 Å². The maximum atomic E-state index is 14.1. The van der Waals surface area contributed by atoms with E-state index in [2.05, 4.69) is 15.6 Å². The lowest BCUT2D eigenvalue weighted by atomic mass is 10.0. The van der Waals surface area contributed by atoms with Crippen LogP contribution in [0.5, 0.6) is 0 Å². The number of nitrogens with one attached hydrogen (secondary N) is 2. The Kier molecular flexibility index (Phi) is 7.32. The van der Waals surface area contributed by atoms with Crippen molar-refractivity contribution in [1.29, 1.82) is 0 Å². The summed E-state index contributed by atoms with van der Waals surface area (Å²) in [6.45, 7) is 2.65. The van der Waals surface area contributed by atoms with Crippen LogP contribution in [0.4, 0.5) is 30.2 Å². The molecule has 0 radical (unpaired) electrons. The number of benzene rings is 2. The van der Waals surface area contributed by atoms with E-state index in [1.54, 1.807) is 12.1 Å². The molecule has 3 aromatic rings. The van der Waals surface area contributed by atoms with E-state index in [1.165, 1.54) is 42.8 Å². The van der Waals surface area contributed by atoms with Gasteiger partial charge in [0.1, 0.15) is 34.7 Å². The molecule has 0 fully saturated rings. The molecule has 38 heavy (non-hydrogen) atoms. The summed E-state index contributed by atoms with van der Waals surface area (Å²) in [5.74, 6) is -4.23. The molecule has 0 bridgehead atoms. The number of likely N-dealkylation sites (N-methyl/N-ethyl adjacent to an activating group) is 1. The maximum Gasteiger partial charge on any atom is 0.270 e. The quantitative estimate of drug-likeness (QED) is 0.506. The van der Waals surface area contributed by atoms with Crippen molar-refractivity contribution in [3.05, 3.63) is 82.9 Å². The number of nitrogens with zero attached hydrogens (tertiary/aromatic N) is 3. The molecule has 12 heteroatoms. The van der Waals surface area contributed by atoms with Gasteiger partial charge in [-0.1, -0.05) is 11.6 Å². The van der Waals surface area contributed by atoms with Gasteiger partial charge in [-0.3, -0.25) is 14.4 Å². The summed E-state index contributed by atoms with van der Waals surface area (Å²) in [6, 6.07) is 8.68. The minimum absolute atomic E-state index is 0.107. The number of hydrogen-bond acceptors (Lipinski definition) is 5. The molecule has 0 saturated heterocycles. The molecule has 2 heterocycles. The van der Waals surface area contributed by atoms with E-state index in [1.807, 2.05) is 0 Å². The van der Waals surface area contributed by atoms with E-state index in [-0.39, 0.29) is 17.9 Å². The van der Waals surface area contributed by atoms with Crippen LogP contribution in [-0.4, -0.2) is 47.9 Å². The van der Waals surface area contributed by atoms with Crippen LogP contribution in [0.2, 0.25) is 5.02 Å². The van der Waals surface area contributed by atoms with Crippen LogP contribution in [0.15, 0.2) is 54.7 Å². The Morgan fingerprint density at radius 3 is 2.32 bits per heavy atom. The fourth-order valence-corrected chi connectivity index (χ4v) is 4.17. The normalized spacial score (nSPS) is 15.6. The van der Waals surface area contributed by atoms with E-state index in [4.69, 9.17) is 11.6 Å². The highest BCUT2D eigenvalue weighted by Gasteiger charge is 2.38. The SMILES string of the molecule is CN1C(=O)[C@H](NC(=O)C(C)(C)NC(=O)c2ccc(F)cn2)CN(c2cc(F)cc(F)c2)c2ccc(Cl)cc21. The molecule has 1 aliphatic heterocycles. The van der Waals surface area contributed by atoms with E-state index >= 15 is 0 Å². The molecule has 2 N–H and O–H groups in total. The lowest BCUT2D eigenvalue weighted by Gasteiger charge is -2.30. The Labute approximate surface area is 221 Å². The first-order chi connectivity index (χ1) is 17.9. The Balaban J connectivity index is 1.64. The topological polar surface area (TPSA) is 94.6 Å². The monoisotopic (exact) mass is 545 g/mol. The van der Waals surface area contributed by atoms with Gasteiger partial charge in [0.05, 0.1) is 24.1 Å². The van der Waals surface area contributed by atoms with Crippen molar-refractivity contribution in [2.24, 2.45) is 0 Å². The smallest absolute Gasteiger partial charge is 0.270 e. The number of carbonyl (C=O) groups excluding carboxylic acids is 3. The lowest BCUT2D eigenvalue weighted by molar-refractivity contribution is -0.130. The van der Waals surface area contributed by atoms with E-state index in [0.29, 0.717) is 16.4 Å². The van der Waals surface area contributed by atoms with Crippen molar-refractivity contribution >= 4 is 46.4 Å². The van der Waals surface area contributed by atoms with Crippen molar-refractivity contribution in [3.8, 4) is 0 Å². The number of pyridine rings is 1. The molecule has 0 aliphatic carbocycles. The van der Waals surface area contributed by atoms with Crippen LogP contribution in [0.25, 0.3) is 0 Å². The third-order valence-corrected chi connectivity index (χ3v) is 6.24. The second-order valence-electron chi connectivity index (χ2n) is 9.24. The Morgan fingerprint density at radius 2 is 1.68 bits per heavy atom. The molecule has 0 spiro atoms.